The van der Waals surface area contributed by atoms with Gasteiger partial charge < -0.3 is 20.3 Å². The molecular weight excluding hydrogens is 652 g/mol. The quantitative estimate of drug-likeness (QED) is 0.225. The Kier molecular flexibility index (Phi) is 9.67. The fourth-order valence-corrected chi connectivity index (χ4v) is 8.09. The van der Waals surface area contributed by atoms with E-state index < -0.39 is 15.6 Å². The largest absolute Gasteiger partial charge is 0.444 e. The van der Waals surface area contributed by atoms with Crippen LogP contribution in [0.3, 0.4) is 0 Å². The number of benzene rings is 2. The van der Waals surface area contributed by atoms with E-state index >= 15 is 0 Å². The normalized spacial score (nSPS) is 20.3. The van der Waals surface area contributed by atoms with Crippen LogP contribution in [0.25, 0.3) is 22.2 Å². The number of hydrogen-bond acceptors (Lipinski definition) is 8. The summed E-state index contributed by atoms with van der Waals surface area (Å²) < 4.78 is 34.1. The highest BCUT2D eigenvalue weighted by Gasteiger charge is 2.33. The van der Waals surface area contributed by atoms with Gasteiger partial charge in [0.25, 0.3) is 10.0 Å². The zero-order chi connectivity index (χ0) is 34.1. The minimum Gasteiger partial charge on any atom is -0.444 e. The lowest BCUT2D eigenvalue weighted by Crippen LogP contribution is -2.50. The third-order valence-electron chi connectivity index (χ3n) is 8.77. The van der Waals surface area contributed by atoms with Gasteiger partial charge >= 0.3 is 6.09 Å². The molecule has 2 fully saturated rings. The summed E-state index contributed by atoms with van der Waals surface area (Å²) in [5, 5.41) is 7.64. The summed E-state index contributed by atoms with van der Waals surface area (Å²) in [5.74, 6) is 0.0461. The van der Waals surface area contributed by atoms with Gasteiger partial charge in [0, 0.05) is 42.3 Å². The maximum absolute atomic E-state index is 13.6. The molecule has 0 bridgehead atoms. The van der Waals surface area contributed by atoms with Crippen molar-refractivity contribution in [2.24, 2.45) is 5.92 Å². The van der Waals surface area contributed by atoms with Gasteiger partial charge in [0.05, 0.1) is 33.2 Å². The first-order chi connectivity index (χ1) is 22.9. The molecule has 6 rings (SSSR count). The minimum absolute atomic E-state index is 0.00231. The number of piperidine rings is 1. The third kappa shape index (κ3) is 7.44. The van der Waals surface area contributed by atoms with Crippen LogP contribution < -0.4 is 10.6 Å². The van der Waals surface area contributed by atoms with Crippen molar-refractivity contribution >= 4 is 50.5 Å². The van der Waals surface area contributed by atoms with Gasteiger partial charge in [0.2, 0.25) is 11.9 Å². The zero-order valence-corrected chi connectivity index (χ0v) is 28.9. The summed E-state index contributed by atoms with van der Waals surface area (Å²) in [6, 6.07) is 15.5. The van der Waals surface area contributed by atoms with E-state index in [1.165, 1.54) is 10.2 Å². The van der Waals surface area contributed by atoms with Crippen LogP contribution in [-0.2, 0) is 19.6 Å². The monoisotopic (exact) mass is 692 g/mol. The molecule has 0 radical (unpaired) electrons. The van der Waals surface area contributed by atoms with E-state index in [4.69, 9.17) is 21.3 Å². The molecule has 2 amide bonds. The molecule has 4 aromatic rings. The molecule has 2 aromatic heterocycles. The summed E-state index contributed by atoms with van der Waals surface area (Å²) in [4.78, 5) is 36.9. The van der Waals surface area contributed by atoms with Crippen LogP contribution in [0.4, 0.5) is 10.7 Å². The molecule has 1 saturated carbocycles. The Bertz CT molecular complexity index is 1910. The van der Waals surface area contributed by atoms with Crippen molar-refractivity contribution in [3.8, 4) is 11.3 Å². The van der Waals surface area contributed by atoms with Crippen molar-refractivity contribution in [3.63, 3.8) is 0 Å². The zero-order valence-electron chi connectivity index (χ0n) is 27.4. The van der Waals surface area contributed by atoms with Crippen molar-refractivity contribution in [1.82, 2.24) is 24.2 Å². The minimum atomic E-state index is -3.88. The lowest BCUT2D eigenvalue weighted by atomic mass is 9.90. The van der Waals surface area contributed by atoms with Gasteiger partial charge in [-0.1, -0.05) is 48.0 Å². The van der Waals surface area contributed by atoms with Crippen LogP contribution in [0.15, 0.2) is 71.9 Å². The molecule has 3 atom stereocenters. The average Bonchev–Trinajstić information content (AvgIpc) is 3.46. The maximum Gasteiger partial charge on any atom is 0.410 e. The summed E-state index contributed by atoms with van der Waals surface area (Å²) in [7, 11) is -3.88. The molecule has 1 unspecified atom stereocenters. The third-order valence-corrected chi connectivity index (χ3v) is 10.7. The first kappa shape index (κ1) is 33.7. The average molecular weight is 693 g/mol. The fourth-order valence-electron chi connectivity index (χ4n) is 6.51. The van der Waals surface area contributed by atoms with E-state index in [-0.39, 0.29) is 34.9 Å². The molecule has 2 aliphatic rings. The predicted octanol–water partition coefficient (Wildman–Crippen LogP) is 6.48. The fraction of sp³-hybridized carbons (Fsp3) is 0.429. The molecule has 48 heavy (non-hydrogen) atoms. The molecule has 3 heterocycles. The number of fused-ring (bicyclic) bond motifs is 1. The molecule has 1 saturated heterocycles. The van der Waals surface area contributed by atoms with Crippen LogP contribution >= 0.6 is 11.6 Å². The summed E-state index contributed by atoms with van der Waals surface area (Å²) in [5.41, 5.74) is 0.910. The Balaban J connectivity index is 1.16. The number of nitrogens with zero attached hydrogens (tertiary/aromatic N) is 4. The number of carbonyl (C=O) groups is 2. The van der Waals surface area contributed by atoms with E-state index in [9.17, 15) is 18.0 Å². The number of carbonyl (C=O) groups excluding carboxylic acids is 2. The number of ether oxygens (including phenoxy) is 1. The van der Waals surface area contributed by atoms with Crippen LogP contribution in [0.1, 0.15) is 59.3 Å². The van der Waals surface area contributed by atoms with Gasteiger partial charge in [-0.15, -0.1) is 0 Å². The maximum atomic E-state index is 13.6. The van der Waals surface area contributed by atoms with Crippen molar-refractivity contribution in [2.45, 2.75) is 81.9 Å². The second-order valence-electron chi connectivity index (χ2n) is 13.5. The number of nitrogens with one attached hydrogen (secondary N) is 2. The van der Waals surface area contributed by atoms with Crippen molar-refractivity contribution in [2.75, 3.05) is 18.4 Å². The van der Waals surface area contributed by atoms with Gasteiger partial charge in [-0.2, -0.15) is 0 Å². The van der Waals surface area contributed by atoms with Gasteiger partial charge in [-0.05, 0) is 77.5 Å². The Morgan fingerprint density at radius 1 is 0.979 bits per heavy atom. The predicted molar refractivity (Wildman–Crippen MR) is 185 cm³/mol. The highest BCUT2D eigenvalue weighted by Crippen LogP contribution is 2.36. The van der Waals surface area contributed by atoms with Crippen LogP contribution in [0.5, 0.6) is 0 Å². The number of aromatic nitrogens is 3. The molecule has 13 heteroatoms. The first-order valence-corrected chi connectivity index (χ1v) is 18.2. The van der Waals surface area contributed by atoms with Crippen LogP contribution in [0.2, 0.25) is 5.02 Å². The van der Waals surface area contributed by atoms with E-state index in [0.29, 0.717) is 52.6 Å². The lowest BCUT2D eigenvalue weighted by Gasteiger charge is -2.35. The molecule has 1 aliphatic carbocycles. The molecule has 0 spiro atoms. The second kappa shape index (κ2) is 13.8. The van der Waals surface area contributed by atoms with E-state index in [1.807, 2.05) is 32.9 Å². The van der Waals surface area contributed by atoms with Crippen LogP contribution in [-0.4, -0.2) is 70.0 Å². The Morgan fingerprint density at radius 3 is 2.48 bits per heavy atom. The van der Waals surface area contributed by atoms with Gasteiger partial charge in [-0.25, -0.2) is 27.2 Å². The first-order valence-electron chi connectivity index (χ1n) is 16.4. The Hall–Kier alpha value is -4.16. The number of para-hydroxylation sites is 1. The van der Waals surface area contributed by atoms with Crippen LogP contribution in [0, 0.1) is 5.92 Å². The topological polar surface area (TPSA) is 136 Å². The van der Waals surface area contributed by atoms with Crippen molar-refractivity contribution < 1.29 is 22.7 Å². The number of anilines is 1. The summed E-state index contributed by atoms with van der Waals surface area (Å²) in [6.45, 7) is 6.43. The highest BCUT2D eigenvalue weighted by molar-refractivity contribution is 7.90. The van der Waals surface area contributed by atoms with E-state index in [0.717, 1.165) is 32.1 Å². The Morgan fingerprint density at radius 2 is 1.71 bits per heavy atom. The van der Waals surface area contributed by atoms with E-state index in [2.05, 4.69) is 15.6 Å². The van der Waals surface area contributed by atoms with Gasteiger partial charge in [0.15, 0.2) is 0 Å². The van der Waals surface area contributed by atoms with Crippen molar-refractivity contribution in [1.29, 1.82) is 0 Å². The molecular formula is C35H41ClN6O5S. The lowest BCUT2D eigenvalue weighted by molar-refractivity contribution is -0.127. The smallest absolute Gasteiger partial charge is 0.410 e. The molecule has 2 N–H and O–H groups in total. The summed E-state index contributed by atoms with van der Waals surface area (Å²) in [6.07, 6.45) is 7.49. The van der Waals surface area contributed by atoms with E-state index in [1.54, 1.807) is 53.6 Å². The molecule has 254 valence electrons. The molecule has 2 aromatic carbocycles. The number of amides is 2. The van der Waals surface area contributed by atoms with Gasteiger partial charge in [-0.3, -0.25) is 4.79 Å². The standard InChI is InChI=1S/C35H41ClN6O5S/c1-35(2,3)47-34(44)41-18-10-11-23(21-41)32(43)38-24-12-9-13-25(19-24)39-33-37-20-29(36)31(40-33)28-22-42(30-17-8-7-16-27(28)30)48(45,46)26-14-5-4-6-15-26/h4-8,14-17,20,22-25H,9-13,18-19,21H2,1-3H3,(H,38,43)(H,37,39,40)/t23?,24-,25+/m0/s1. The number of hydrogen-bond donors (Lipinski definition) is 2. The van der Waals surface area contributed by atoms with Crippen molar-refractivity contribution in [3.05, 3.63) is 72.0 Å². The summed E-state index contributed by atoms with van der Waals surface area (Å²) >= 11 is 6.64. The Labute approximate surface area is 286 Å². The second-order valence-corrected chi connectivity index (χ2v) is 15.8. The SMILES string of the molecule is CC(C)(C)OC(=O)N1CCCC(C(=O)N[C@H]2CCC[C@@H](Nc3ncc(Cl)c(-c4cn(S(=O)(=O)c5ccccc5)c5ccccc45)n3)C2)C1. The van der Waals surface area contributed by atoms with Gasteiger partial charge in [0.1, 0.15) is 5.60 Å². The molecule has 11 nitrogen and oxygen atoms in total. The molecule has 1 aliphatic heterocycles. The highest BCUT2D eigenvalue weighted by atomic mass is 35.5. The number of likely N-dealkylation sites (tertiary alicyclic amines) is 1. The number of rotatable bonds is 7. The number of halogens is 1.